The Kier molecular flexibility index (Phi) is 5.36. The van der Waals surface area contributed by atoms with Crippen molar-refractivity contribution < 1.29 is 9.53 Å². The van der Waals surface area contributed by atoms with Crippen LogP contribution in [0.15, 0.2) is 24.3 Å². The van der Waals surface area contributed by atoms with E-state index in [2.05, 4.69) is 5.32 Å². The van der Waals surface area contributed by atoms with Crippen LogP contribution in [0.4, 0.5) is 0 Å². The van der Waals surface area contributed by atoms with Crippen molar-refractivity contribution in [1.29, 1.82) is 0 Å². The summed E-state index contributed by atoms with van der Waals surface area (Å²) in [5, 5.41) is 2.87. The lowest BCUT2D eigenvalue weighted by Crippen LogP contribution is -2.28. The molecule has 1 fully saturated rings. The van der Waals surface area contributed by atoms with E-state index in [4.69, 9.17) is 10.5 Å². The number of amides is 1. The van der Waals surface area contributed by atoms with Gasteiger partial charge in [0.05, 0.1) is 13.0 Å². The Hall–Kier alpha value is -1.39. The standard InChI is InChI=1S/C15H22N2O2/c16-10-13-3-1-12(2-4-13)9-15(18)17-7-8-19-11-14-5-6-14/h1-4,14H,5-11,16H2,(H,17,18). The van der Waals surface area contributed by atoms with Crippen LogP contribution in [0.2, 0.25) is 0 Å². The lowest BCUT2D eigenvalue weighted by Gasteiger charge is -2.06. The Labute approximate surface area is 114 Å². The fraction of sp³-hybridized carbons (Fsp3) is 0.533. The predicted octanol–water partition coefficient (Wildman–Crippen LogP) is 1.23. The Bertz CT molecular complexity index is 399. The Balaban J connectivity index is 1.59. The number of nitrogens with one attached hydrogen (secondary N) is 1. The van der Waals surface area contributed by atoms with E-state index in [1.807, 2.05) is 24.3 Å². The van der Waals surface area contributed by atoms with E-state index < -0.39 is 0 Å². The van der Waals surface area contributed by atoms with Gasteiger partial charge in [0, 0.05) is 19.7 Å². The molecule has 104 valence electrons. The van der Waals surface area contributed by atoms with Gasteiger partial charge in [0.25, 0.3) is 0 Å². The zero-order valence-electron chi connectivity index (χ0n) is 11.2. The number of ether oxygens (including phenoxy) is 1. The number of nitrogens with two attached hydrogens (primary N) is 1. The minimum absolute atomic E-state index is 0.0375. The second kappa shape index (κ2) is 7.26. The molecule has 0 radical (unpaired) electrons. The van der Waals surface area contributed by atoms with E-state index in [0.29, 0.717) is 26.1 Å². The van der Waals surface area contributed by atoms with E-state index in [9.17, 15) is 4.79 Å². The summed E-state index contributed by atoms with van der Waals surface area (Å²) in [6.07, 6.45) is 3.00. The van der Waals surface area contributed by atoms with Gasteiger partial charge >= 0.3 is 0 Å². The maximum absolute atomic E-state index is 11.7. The molecule has 1 aromatic carbocycles. The van der Waals surface area contributed by atoms with Crippen molar-refractivity contribution in [3.8, 4) is 0 Å². The first kappa shape index (κ1) is 14.0. The van der Waals surface area contributed by atoms with Crippen LogP contribution >= 0.6 is 0 Å². The molecular formula is C15H22N2O2. The van der Waals surface area contributed by atoms with Crippen molar-refractivity contribution in [2.75, 3.05) is 19.8 Å². The number of hydrogen-bond acceptors (Lipinski definition) is 3. The fourth-order valence-electron chi connectivity index (χ4n) is 1.84. The van der Waals surface area contributed by atoms with Crippen LogP contribution in [0.3, 0.4) is 0 Å². The first-order chi connectivity index (χ1) is 9.28. The van der Waals surface area contributed by atoms with E-state index >= 15 is 0 Å². The van der Waals surface area contributed by atoms with Crippen LogP contribution in [0.5, 0.6) is 0 Å². The second-order valence-electron chi connectivity index (χ2n) is 5.07. The average molecular weight is 262 g/mol. The third-order valence-electron chi connectivity index (χ3n) is 3.24. The highest BCUT2D eigenvalue weighted by molar-refractivity contribution is 5.78. The normalized spacial score (nSPS) is 14.4. The van der Waals surface area contributed by atoms with E-state index in [-0.39, 0.29) is 5.91 Å². The highest BCUT2D eigenvalue weighted by Gasteiger charge is 2.20. The summed E-state index contributed by atoms with van der Waals surface area (Å²) >= 11 is 0. The maximum Gasteiger partial charge on any atom is 0.224 e. The van der Waals surface area contributed by atoms with Crippen molar-refractivity contribution in [2.24, 2.45) is 11.7 Å². The second-order valence-corrected chi connectivity index (χ2v) is 5.07. The van der Waals surface area contributed by atoms with Gasteiger partial charge in [-0.3, -0.25) is 4.79 Å². The first-order valence-corrected chi connectivity index (χ1v) is 6.90. The summed E-state index contributed by atoms with van der Waals surface area (Å²) < 4.78 is 5.46. The van der Waals surface area contributed by atoms with E-state index in [0.717, 1.165) is 23.7 Å². The molecule has 0 unspecified atom stereocenters. The summed E-state index contributed by atoms with van der Waals surface area (Å²) in [7, 11) is 0. The molecule has 1 amide bonds. The van der Waals surface area contributed by atoms with Crippen molar-refractivity contribution >= 4 is 5.91 Å². The molecule has 0 heterocycles. The van der Waals surface area contributed by atoms with Gasteiger partial charge in [0.15, 0.2) is 0 Å². The quantitative estimate of drug-likeness (QED) is 0.693. The van der Waals surface area contributed by atoms with Gasteiger partial charge in [-0.05, 0) is 29.9 Å². The Morgan fingerprint density at radius 1 is 1.26 bits per heavy atom. The zero-order valence-corrected chi connectivity index (χ0v) is 11.2. The summed E-state index contributed by atoms with van der Waals surface area (Å²) in [5.41, 5.74) is 7.62. The van der Waals surface area contributed by atoms with Gasteiger partial charge in [0.2, 0.25) is 5.91 Å². The molecule has 0 saturated heterocycles. The molecular weight excluding hydrogens is 240 g/mol. The highest BCUT2D eigenvalue weighted by Crippen LogP contribution is 2.28. The van der Waals surface area contributed by atoms with Crippen molar-refractivity contribution in [3.63, 3.8) is 0 Å². The van der Waals surface area contributed by atoms with Crippen LogP contribution < -0.4 is 11.1 Å². The highest BCUT2D eigenvalue weighted by atomic mass is 16.5. The van der Waals surface area contributed by atoms with Gasteiger partial charge in [-0.2, -0.15) is 0 Å². The molecule has 0 aromatic heterocycles. The number of rotatable bonds is 8. The summed E-state index contributed by atoms with van der Waals surface area (Å²) in [5.74, 6) is 0.812. The lowest BCUT2D eigenvalue weighted by atomic mass is 10.1. The molecule has 1 aliphatic carbocycles. The summed E-state index contributed by atoms with van der Waals surface area (Å²) in [6.45, 7) is 2.57. The van der Waals surface area contributed by atoms with Crippen molar-refractivity contribution in [1.82, 2.24) is 5.32 Å². The third-order valence-corrected chi connectivity index (χ3v) is 3.24. The minimum Gasteiger partial charge on any atom is -0.379 e. The van der Waals surface area contributed by atoms with E-state index in [1.54, 1.807) is 0 Å². The first-order valence-electron chi connectivity index (χ1n) is 6.90. The molecule has 0 aliphatic heterocycles. The van der Waals surface area contributed by atoms with Crippen LogP contribution in [-0.2, 0) is 22.5 Å². The Morgan fingerprint density at radius 2 is 1.95 bits per heavy atom. The molecule has 1 aromatic rings. The molecule has 2 rings (SSSR count). The fourth-order valence-corrected chi connectivity index (χ4v) is 1.84. The SMILES string of the molecule is NCc1ccc(CC(=O)NCCOCC2CC2)cc1. The zero-order chi connectivity index (χ0) is 13.5. The average Bonchev–Trinajstić information content (AvgIpc) is 3.23. The van der Waals surface area contributed by atoms with Crippen molar-refractivity contribution in [2.45, 2.75) is 25.8 Å². The van der Waals surface area contributed by atoms with Gasteiger partial charge in [-0.1, -0.05) is 24.3 Å². The Morgan fingerprint density at radius 3 is 2.58 bits per heavy atom. The largest absolute Gasteiger partial charge is 0.379 e. The van der Waals surface area contributed by atoms with Crippen LogP contribution in [0.1, 0.15) is 24.0 Å². The van der Waals surface area contributed by atoms with Gasteiger partial charge in [0.1, 0.15) is 0 Å². The van der Waals surface area contributed by atoms with Gasteiger partial charge in [-0.15, -0.1) is 0 Å². The topological polar surface area (TPSA) is 64.4 Å². The van der Waals surface area contributed by atoms with Gasteiger partial charge in [-0.25, -0.2) is 0 Å². The van der Waals surface area contributed by atoms with E-state index in [1.165, 1.54) is 12.8 Å². The molecule has 0 bridgehead atoms. The predicted molar refractivity (Wildman–Crippen MR) is 74.6 cm³/mol. The van der Waals surface area contributed by atoms with Crippen LogP contribution in [-0.4, -0.2) is 25.7 Å². The lowest BCUT2D eigenvalue weighted by molar-refractivity contribution is -0.120. The monoisotopic (exact) mass is 262 g/mol. The molecule has 19 heavy (non-hydrogen) atoms. The molecule has 4 nitrogen and oxygen atoms in total. The molecule has 1 aliphatic rings. The molecule has 4 heteroatoms. The van der Waals surface area contributed by atoms with Gasteiger partial charge < -0.3 is 15.8 Å². The molecule has 3 N–H and O–H groups in total. The smallest absolute Gasteiger partial charge is 0.224 e. The minimum atomic E-state index is 0.0375. The number of hydrogen-bond donors (Lipinski definition) is 2. The number of carbonyl (C=O) groups excluding carboxylic acids is 1. The summed E-state index contributed by atoms with van der Waals surface area (Å²) in [6, 6.07) is 7.82. The molecule has 1 saturated carbocycles. The summed E-state index contributed by atoms with van der Waals surface area (Å²) in [4.78, 5) is 11.7. The third kappa shape index (κ3) is 5.41. The van der Waals surface area contributed by atoms with Crippen LogP contribution in [0.25, 0.3) is 0 Å². The number of benzene rings is 1. The van der Waals surface area contributed by atoms with Crippen molar-refractivity contribution in [3.05, 3.63) is 35.4 Å². The molecule has 0 spiro atoms. The van der Waals surface area contributed by atoms with Crippen LogP contribution in [0, 0.1) is 5.92 Å². The molecule has 0 atom stereocenters. The number of carbonyl (C=O) groups is 1. The maximum atomic E-state index is 11.7.